The predicted molar refractivity (Wildman–Crippen MR) is 57.7 cm³/mol. The van der Waals surface area contributed by atoms with Gasteiger partial charge in [-0.3, -0.25) is 0 Å². The molecule has 1 N–H and O–H groups in total. The molecule has 0 unspecified atom stereocenters. The van der Waals surface area contributed by atoms with Gasteiger partial charge in [-0.25, -0.2) is 4.39 Å². The highest BCUT2D eigenvalue weighted by molar-refractivity contribution is 9.10. The van der Waals surface area contributed by atoms with Crippen molar-refractivity contribution in [3.63, 3.8) is 0 Å². The first-order valence-corrected chi connectivity index (χ1v) is 5.83. The Balaban J connectivity index is 2.14. The molecule has 0 bridgehead atoms. The van der Waals surface area contributed by atoms with Gasteiger partial charge < -0.3 is 4.90 Å². The number of rotatable bonds is 2. The highest BCUT2D eigenvalue weighted by atomic mass is 79.9. The highest BCUT2D eigenvalue weighted by Gasteiger charge is 2.18. The van der Waals surface area contributed by atoms with Gasteiger partial charge in [-0.2, -0.15) is 0 Å². The zero-order valence-corrected chi connectivity index (χ0v) is 9.61. The lowest BCUT2D eigenvalue weighted by molar-refractivity contribution is -0.901. The number of hydrogen-bond acceptors (Lipinski definition) is 0. The molecule has 1 aliphatic rings. The molecule has 0 aromatic heterocycles. The lowest BCUT2D eigenvalue weighted by Gasteiger charge is -2.13. The fraction of sp³-hybridized carbons (Fsp3) is 0.455. The van der Waals surface area contributed by atoms with E-state index in [1.54, 1.807) is 6.07 Å². The van der Waals surface area contributed by atoms with Gasteiger partial charge in [0.2, 0.25) is 0 Å². The molecule has 0 amide bonds. The van der Waals surface area contributed by atoms with Gasteiger partial charge in [0.05, 0.1) is 18.7 Å². The number of halogens is 2. The maximum absolute atomic E-state index is 13.5. The van der Waals surface area contributed by atoms with E-state index in [4.69, 9.17) is 0 Å². The fourth-order valence-corrected chi connectivity index (χ4v) is 2.49. The summed E-state index contributed by atoms with van der Waals surface area (Å²) in [6.07, 6.45) is 2.56. The molecule has 3 heteroatoms. The summed E-state index contributed by atoms with van der Waals surface area (Å²) in [6, 6.07) is 5.19. The van der Waals surface area contributed by atoms with E-state index in [1.165, 1.54) is 36.9 Å². The van der Waals surface area contributed by atoms with E-state index < -0.39 is 0 Å². The molecule has 1 saturated heterocycles. The van der Waals surface area contributed by atoms with Crippen molar-refractivity contribution < 1.29 is 9.29 Å². The van der Waals surface area contributed by atoms with Crippen LogP contribution in [0, 0.1) is 5.82 Å². The van der Waals surface area contributed by atoms with E-state index in [0.29, 0.717) is 0 Å². The van der Waals surface area contributed by atoms with Gasteiger partial charge in [-0.15, -0.1) is 0 Å². The van der Waals surface area contributed by atoms with Crippen LogP contribution in [0.3, 0.4) is 0 Å². The molecule has 0 atom stereocenters. The van der Waals surface area contributed by atoms with Crippen LogP contribution in [0.5, 0.6) is 0 Å². The highest BCUT2D eigenvalue weighted by Crippen LogP contribution is 2.18. The Kier molecular flexibility index (Phi) is 3.19. The van der Waals surface area contributed by atoms with Crippen LogP contribution in [0.25, 0.3) is 0 Å². The predicted octanol–water partition coefficient (Wildman–Crippen LogP) is 1.77. The van der Waals surface area contributed by atoms with Crippen molar-refractivity contribution in [2.24, 2.45) is 0 Å². The first-order valence-electron chi connectivity index (χ1n) is 5.04. The summed E-state index contributed by atoms with van der Waals surface area (Å²) in [7, 11) is 0. The van der Waals surface area contributed by atoms with Crippen molar-refractivity contribution in [3.05, 3.63) is 34.1 Å². The van der Waals surface area contributed by atoms with Crippen molar-refractivity contribution in [2.45, 2.75) is 19.4 Å². The molecule has 76 valence electrons. The van der Waals surface area contributed by atoms with Crippen LogP contribution in [0.1, 0.15) is 18.4 Å². The van der Waals surface area contributed by atoms with Crippen LogP contribution < -0.4 is 4.90 Å². The molecule has 0 aliphatic carbocycles. The quantitative estimate of drug-likeness (QED) is 0.825. The summed E-state index contributed by atoms with van der Waals surface area (Å²) < 4.78 is 14.4. The monoisotopic (exact) mass is 258 g/mol. The SMILES string of the molecule is Fc1cccc(Br)c1C[NH+]1CCCC1. The second kappa shape index (κ2) is 4.41. The molecule has 1 aliphatic heterocycles. The van der Waals surface area contributed by atoms with Gasteiger partial charge in [0.1, 0.15) is 12.4 Å². The number of nitrogens with one attached hydrogen (secondary N) is 1. The van der Waals surface area contributed by atoms with Gasteiger partial charge >= 0.3 is 0 Å². The van der Waals surface area contributed by atoms with Crippen molar-refractivity contribution in [1.82, 2.24) is 0 Å². The Hall–Kier alpha value is -0.410. The molecule has 1 heterocycles. The van der Waals surface area contributed by atoms with E-state index in [2.05, 4.69) is 15.9 Å². The average molecular weight is 259 g/mol. The number of hydrogen-bond donors (Lipinski definition) is 1. The van der Waals surface area contributed by atoms with Gasteiger partial charge in [0.25, 0.3) is 0 Å². The second-order valence-electron chi connectivity index (χ2n) is 3.83. The summed E-state index contributed by atoms with van der Waals surface area (Å²) in [5.74, 6) is -0.0845. The van der Waals surface area contributed by atoms with Crippen LogP contribution in [0.2, 0.25) is 0 Å². The number of benzene rings is 1. The number of quaternary nitrogens is 1. The zero-order valence-electron chi connectivity index (χ0n) is 8.02. The molecule has 1 aromatic carbocycles. The van der Waals surface area contributed by atoms with E-state index in [9.17, 15) is 4.39 Å². The summed E-state index contributed by atoms with van der Waals surface area (Å²) in [4.78, 5) is 1.50. The zero-order chi connectivity index (χ0) is 9.97. The van der Waals surface area contributed by atoms with Crippen LogP contribution in [-0.2, 0) is 6.54 Å². The lowest BCUT2D eigenvalue weighted by Crippen LogP contribution is -3.08. The maximum Gasteiger partial charge on any atom is 0.133 e. The maximum atomic E-state index is 13.5. The smallest absolute Gasteiger partial charge is 0.133 e. The van der Waals surface area contributed by atoms with Crippen LogP contribution in [0.4, 0.5) is 4.39 Å². The molecular formula is C11H14BrFN+. The van der Waals surface area contributed by atoms with Gasteiger partial charge in [0.15, 0.2) is 0 Å². The van der Waals surface area contributed by atoms with Gasteiger partial charge in [-0.05, 0) is 12.1 Å². The Bertz CT molecular complexity index is 301. The van der Waals surface area contributed by atoms with Crippen molar-refractivity contribution >= 4 is 15.9 Å². The Morgan fingerprint density at radius 1 is 1.29 bits per heavy atom. The van der Waals surface area contributed by atoms with Crippen molar-refractivity contribution in [1.29, 1.82) is 0 Å². The van der Waals surface area contributed by atoms with Gasteiger partial charge in [-0.1, -0.05) is 22.0 Å². The van der Waals surface area contributed by atoms with Gasteiger partial charge in [0, 0.05) is 17.3 Å². The van der Waals surface area contributed by atoms with Crippen LogP contribution >= 0.6 is 15.9 Å². The molecule has 1 nitrogen and oxygen atoms in total. The Morgan fingerprint density at radius 3 is 2.64 bits per heavy atom. The normalized spacial score (nSPS) is 17.6. The average Bonchev–Trinajstić information content (AvgIpc) is 2.64. The van der Waals surface area contributed by atoms with Crippen molar-refractivity contribution in [3.8, 4) is 0 Å². The van der Waals surface area contributed by atoms with Crippen LogP contribution in [-0.4, -0.2) is 13.1 Å². The molecule has 1 fully saturated rings. The minimum Gasteiger partial charge on any atom is -0.331 e. The van der Waals surface area contributed by atoms with E-state index in [0.717, 1.165) is 16.6 Å². The van der Waals surface area contributed by atoms with E-state index in [-0.39, 0.29) is 5.82 Å². The second-order valence-corrected chi connectivity index (χ2v) is 4.69. The minimum atomic E-state index is -0.0845. The largest absolute Gasteiger partial charge is 0.331 e. The third kappa shape index (κ3) is 2.15. The Morgan fingerprint density at radius 2 is 2.00 bits per heavy atom. The van der Waals surface area contributed by atoms with E-state index >= 15 is 0 Å². The third-order valence-corrected chi connectivity index (χ3v) is 3.54. The molecule has 0 spiro atoms. The molecule has 0 saturated carbocycles. The fourth-order valence-electron chi connectivity index (χ4n) is 2.00. The summed E-state index contributed by atoms with van der Waals surface area (Å²) in [5, 5.41) is 0. The first-order chi connectivity index (χ1) is 6.77. The van der Waals surface area contributed by atoms with E-state index in [1.807, 2.05) is 6.07 Å². The third-order valence-electron chi connectivity index (χ3n) is 2.80. The molecule has 1 aromatic rings. The standard InChI is InChI=1S/C11H13BrFN/c12-10-4-3-5-11(13)9(10)8-14-6-1-2-7-14/h3-5H,1-2,6-8H2/p+1. The summed E-state index contributed by atoms with van der Waals surface area (Å²) >= 11 is 3.40. The topological polar surface area (TPSA) is 4.44 Å². The first kappa shape index (κ1) is 10.1. The van der Waals surface area contributed by atoms with Crippen LogP contribution in [0.15, 0.2) is 22.7 Å². The van der Waals surface area contributed by atoms with Crippen molar-refractivity contribution in [2.75, 3.05) is 13.1 Å². The molecular weight excluding hydrogens is 245 g/mol. The summed E-state index contributed by atoms with van der Waals surface area (Å²) in [6.45, 7) is 3.18. The minimum absolute atomic E-state index is 0.0845. The summed E-state index contributed by atoms with van der Waals surface area (Å²) in [5.41, 5.74) is 0.824. The molecule has 2 rings (SSSR count). The molecule has 14 heavy (non-hydrogen) atoms. The lowest BCUT2D eigenvalue weighted by atomic mass is 10.2. The Labute approximate surface area is 92.0 Å². The molecule has 0 radical (unpaired) electrons. The number of likely N-dealkylation sites (tertiary alicyclic amines) is 1.